The van der Waals surface area contributed by atoms with Crippen molar-refractivity contribution >= 4 is 5.91 Å². The predicted octanol–water partition coefficient (Wildman–Crippen LogP) is 1.96. The zero-order chi connectivity index (χ0) is 14.5. The molecule has 0 bridgehead atoms. The monoisotopic (exact) mass is 274 g/mol. The highest BCUT2D eigenvalue weighted by Gasteiger charge is 2.07. The van der Waals surface area contributed by atoms with Crippen LogP contribution in [-0.2, 0) is 13.2 Å². The Labute approximate surface area is 116 Å². The van der Waals surface area contributed by atoms with E-state index in [1.807, 2.05) is 0 Å². The third-order valence-electron chi connectivity index (χ3n) is 2.91. The minimum Gasteiger partial charge on any atom is -0.489 e. The van der Waals surface area contributed by atoms with Crippen molar-refractivity contribution in [2.45, 2.75) is 13.2 Å². The van der Waals surface area contributed by atoms with Crippen molar-refractivity contribution in [2.75, 3.05) is 0 Å². The maximum atomic E-state index is 13.9. The van der Waals surface area contributed by atoms with Crippen LogP contribution in [0.5, 0.6) is 5.75 Å². The van der Waals surface area contributed by atoms with E-state index in [0.29, 0.717) is 22.4 Å². The first kappa shape index (κ1) is 14.0. The van der Waals surface area contributed by atoms with Crippen molar-refractivity contribution in [1.29, 1.82) is 0 Å². The third kappa shape index (κ3) is 3.13. The van der Waals surface area contributed by atoms with Crippen LogP contribution in [0.4, 0.5) is 4.39 Å². The first-order chi connectivity index (χ1) is 9.61. The van der Waals surface area contributed by atoms with E-state index in [9.17, 15) is 9.18 Å². The smallest absolute Gasteiger partial charge is 0.248 e. The highest BCUT2D eigenvalue weighted by atomic mass is 19.1. The molecule has 0 aliphatic carbocycles. The minimum absolute atomic E-state index is 0.0928. The molecular weight excluding hydrogens is 259 g/mol. The molecule has 0 fully saturated rings. The summed E-state index contributed by atoms with van der Waals surface area (Å²) in [6, 6.07) is 11.4. The van der Waals surface area contributed by atoms with E-state index in [4.69, 9.17) is 16.2 Å². The highest BCUT2D eigenvalue weighted by molar-refractivity contribution is 5.92. The summed E-state index contributed by atoms with van der Waals surface area (Å²) in [7, 11) is 0. The number of halogens is 1. The number of hydrogen-bond acceptors (Lipinski definition) is 3. The van der Waals surface area contributed by atoms with E-state index in [-0.39, 0.29) is 19.0 Å². The molecule has 0 saturated heterocycles. The van der Waals surface area contributed by atoms with Crippen LogP contribution in [0.15, 0.2) is 42.5 Å². The molecule has 0 aromatic heterocycles. The van der Waals surface area contributed by atoms with Crippen LogP contribution >= 0.6 is 0 Å². The number of carbonyl (C=O) groups is 1. The number of primary amides is 1. The molecule has 0 spiro atoms. The number of benzene rings is 2. The molecule has 104 valence electrons. The Morgan fingerprint density at radius 3 is 2.35 bits per heavy atom. The van der Waals surface area contributed by atoms with Crippen molar-refractivity contribution in [2.24, 2.45) is 11.5 Å². The molecule has 0 saturated carbocycles. The van der Waals surface area contributed by atoms with Gasteiger partial charge in [0.1, 0.15) is 18.2 Å². The van der Waals surface area contributed by atoms with Crippen LogP contribution in [0.2, 0.25) is 0 Å². The zero-order valence-electron chi connectivity index (χ0n) is 10.8. The normalized spacial score (nSPS) is 10.3. The predicted molar refractivity (Wildman–Crippen MR) is 73.6 cm³/mol. The summed E-state index contributed by atoms with van der Waals surface area (Å²) in [5, 5.41) is 0. The molecule has 0 unspecified atom stereocenters. The van der Waals surface area contributed by atoms with Gasteiger partial charge in [0.25, 0.3) is 0 Å². The number of hydrogen-bond donors (Lipinski definition) is 2. The Kier molecular flexibility index (Phi) is 4.32. The molecule has 2 rings (SSSR count). The minimum atomic E-state index is -0.502. The highest BCUT2D eigenvalue weighted by Crippen LogP contribution is 2.17. The summed E-state index contributed by atoms with van der Waals surface area (Å²) >= 11 is 0. The standard InChI is InChI=1S/C15H15FN2O2/c16-14-11(8-17)2-1-3-12(14)9-20-13-6-4-10(5-7-13)15(18)19/h1-7H,8-9,17H2,(H2,18,19). The molecule has 5 heteroatoms. The van der Waals surface area contributed by atoms with Crippen molar-refractivity contribution in [3.05, 3.63) is 65.0 Å². The molecule has 0 atom stereocenters. The summed E-state index contributed by atoms with van der Waals surface area (Å²) in [4.78, 5) is 10.9. The van der Waals surface area contributed by atoms with Crippen molar-refractivity contribution in [1.82, 2.24) is 0 Å². The molecule has 20 heavy (non-hydrogen) atoms. The van der Waals surface area contributed by atoms with Gasteiger partial charge < -0.3 is 16.2 Å². The Balaban J connectivity index is 2.07. The lowest BCUT2D eigenvalue weighted by atomic mass is 10.1. The summed E-state index contributed by atoms with van der Waals surface area (Å²) in [6.45, 7) is 0.239. The number of carbonyl (C=O) groups excluding carboxylic acids is 1. The van der Waals surface area contributed by atoms with Gasteiger partial charge in [-0.2, -0.15) is 0 Å². The van der Waals surface area contributed by atoms with Crippen LogP contribution in [0.1, 0.15) is 21.5 Å². The van der Waals surface area contributed by atoms with Crippen molar-refractivity contribution in [3.8, 4) is 5.75 Å². The average Bonchev–Trinajstić information content (AvgIpc) is 2.46. The molecule has 1 amide bonds. The fourth-order valence-electron chi connectivity index (χ4n) is 1.78. The molecule has 0 aliphatic rings. The summed E-state index contributed by atoms with van der Waals surface area (Å²) < 4.78 is 19.4. The molecule has 4 N–H and O–H groups in total. The maximum absolute atomic E-state index is 13.9. The number of amides is 1. The topological polar surface area (TPSA) is 78.3 Å². The van der Waals surface area contributed by atoms with E-state index >= 15 is 0 Å². The Morgan fingerprint density at radius 2 is 1.75 bits per heavy atom. The second-order valence-electron chi connectivity index (χ2n) is 4.27. The number of nitrogens with two attached hydrogens (primary N) is 2. The molecular formula is C15H15FN2O2. The van der Waals surface area contributed by atoms with Crippen LogP contribution < -0.4 is 16.2 Å². The van der Waals surface area contributed by atoms with Gasteiger partial charge in [-0.15, -0.1) is 0 Å². The van der Waals surface area contributed by atoms with Crippen LogP contribution in [0.25, 0.3) is 0 Å². The molecule has 4 nitrogen and oxygen atoms in total. The lowest BCUT2D eigenvalue weighted by Gasteiger charge is -2.09. The van der Waals surface area contributed by atoms with E-state index in [1.54, 1.807) is 42.5 Å². The molecule has 2 aromatic rings. The first-order valence-corrected chi connectivity index (χ1v) is 6.11. The Hall–Kier alpha value is -2.40. The van der Waals surface area contributed by atoms with Gasteiger partial charge in [-0.3, -0.25) is 4.79 Å². The van der Waals surface area contributed by atoms with Gasteiger partial charge in [-0.25, -0.2) is 4.39 Å². The lowest BCUT2D eigenvalue weighted by Crippen LogP contribution is -2.10. The van der Waals surface area contributed by atoms with Gasteiger partial charge in [0.2, 0.25) is 5.91 Å². The van der Waals surface area contributed by atoms with Gasteiger partial charge >= 0.3 is 0 Å². The number of rotatable bonds is 5. The second-order valence-corrected chi connectivity index (χ2v) is 4.27. The molecule has 0 aliphatic heterocycles. The molecule has 2 aromatic carbocycles. The fraction of sp³-hybridized carbons (Fsp3) is 0.133. The van der Waals surface area contributed by atoms with Crippen molar-refractivity contribution < 1.29 is 13.9 Å². The molecule has 0 heterocycles. The Morgan fingerprint density at radius 1 is 1.10 bits per heavy atom. The largest absolute Gasteiger partial charge is 0.489 e. The quantitative estimate of drug-likeness (QED) is 0.874. The van der Waals surface area contributed by atoms with Gasteiger partial charge in [0, 0.05) is 23.2 Å². The van der Waals surface area contributed by atoms with E-state index in [0.717, 1.165) is 0 Å². The summed E-state index contributed by atoms with van der Waals surface area (Å²) in [5.41, 5.74) is 11.9. The van der Waals surface area contributed by atoms with Crippen LogP contribution in [-0.4, -0.2) is 5.91 Å². The van der Waals surface area contributed by atoms with E-state index < -0.39 is 5.91 Å². The molecule has 0 radical (unpaired) electrons. The summed E-state index contributed by atoms with van der Waals surface area (Å²) in [6.07, 6.45) is 0. The average molecular weight is 274 g/mol. The second kappa shape index (κ2) is 6.16. The SMILES string of the molecule is NCc1cccc(COc2ccc(C(N)=O)cc2)c1F. The van der Waals surface area contributed by atoms with Crippen molar-refractivity contribution in [3.63, 3.8) is 0 Å². The Bertz CT molecular complexity index is 612. The van der Waals surface area contributed by atoms with Crippen LogP contribution in [0, 0.1) is 5.82 Å². The van der Waals surface area contributed by atoms with Crippen LogP contribution in [0.3, 0.4) is 0 Å². The number of ether oxygens (including phenoxy) is 1. The fourth-order valence-corrected chi connectivity index (χ4v) is 1.78. The first-order valence-electron chi connectivity index (χ1n) is 6.11. The zero-order valence-corrected chi connectivity index (χ0v) is 10.8. The van der Waals surface area contributed by atoms with Gasteiger partial charge in [0.05, 0.1) is 0 Å². The van der Waals surface area contributed by atoms with Gasteiger partial charge in [0.15, 0.2) is 0 Å². The van der Waals surface area contributed by atoms with E-state index in [2.05, 4.69) is 0 Å². The lowest BCUT2D eigenvalue weighted by molar-refractivity contribution is 0.100. The summed E-state index contributed by atoms with van der Waals surface area (Å²) in [5.74, 6) is -0.311. The third-order valence-corrected chi connectivity index (χ3v) is 2.91. The van der Waals surface area contributed by atoms with Gasteiger partial charge in [-0.1, -0.05) is 18.2 Å². The maximum Gasteiger partial charge on any atom is 0.248 e. The van der Waals surface area contributed by atoms with E-state index in [1.165, 1.54) is 0 Å². The van der Waals surface area contributed by atoms with Gasteiger partial charge in [-0.05, 0) is 24.3 Å².